The molecule has 4 rings (SSSR count). The Balaban J connectivity index is 1.34. The fraction of sp³-hybridized carbons (Fsp3) is 0.348. The van der Waals surface area contributed by atoms with Crippen molar-refractivity contribution in [3.63, 3.8) is 0 Å². The summed E-state index contributed by atoms with van der Waals surface area (Å²) in [5.74, 6) is 1.76. The zero-order valence-corrected chi connectivity index (χ0v) is 19.1. The van der Waals surface area contributed by atoms with Crippen LogP contribution in [0, 0.1) is 0 Å². The van der Waals surface area contributed by atoms with E-state index in [1.165, 1.54) is 11.9 Å². The minimum absolute atomic E-state index is 0.0220. The molecular weight excluding hydrogens is 428 g/mol. The van der Waals surface area contributed by atoms with E-state index in [1.54, 1.807) is 24.2 Å². The number of nitrogens with one attached hydrogen (secondary N) is 1. The molecule has 8 heteroatoms. The standard InChI is InChI=1S/C23H26N4O2S2/c1-2-30-16-23(29)10-14-27(15-11-23)22(28)17-6-8-18(9-7-17)26-31-20-5-3-4-19-21(20)25-13-12-24-19/h3-9,12-13,26,29H,2,10-11,14-16H2,1H3. The second-order valence-corrected chi connectivity index (χ2v) is 9.74. The third kappa shape index (κ3) is 5.31. The number of aromatic nitrogens is 2. The number of amides is 1. The Labute approximate surface area is 191 Å². The van der Waals surface area contributed by atoms with Gasteiger partial charge in [0.05, 0.1) is 16.0 Å². The molecular formula is C23H26N4O2S2. The molecule has 0 spiro atoms. The first kappa shape index (κ1) is 21.9. The molecule has 0 unspecified atom stereocenters. The first-order valence-corrected chi connectivity index (χ1v) is 12.4. The van der Waals surface area contributed by atoms with Gasteiger partial charge in [-0.3, -0.25) is 14.8 Å². The Morgan fingerprint density at radius 2 is 1.87 bits per heavy atom. The van der Waals surface area contributed by atoms with Gasteiger partial charge in [-0.1, -0.05) is 13.0 Å². The third-order valence-electron chi connectivity index (χ3n) is 5.43. The van der Waals surface area contributed by atoms with Gasteiger partial charge in [0, 0.05) is 42.5 Å². The second kappa shape index (κ2) is 9.89. The molecule has 6 nitrogen and oxygen atoms in total. The predicted octanol–water partition coefficient (Wildman–Crippen LogP) is 4.47. The molecule has 162 valence electrons. The summed E-state index contributed by atoms with van der Waals surface area (Å²) < 4.78 is 3.32. The van der Waals surface area contributed by atoms with Crippen LogP contribution in [0.4, 0.5) is 5.69 Å². The molecule has 31 heavy (non-hydrogen) atoms. The van der Waals surface area contributed by atoms with E-state index in [0.717, 1.165) is 33.1 Å². The number of likely N-dealkylation sites (tertiary alicyclic amines) is 1. The molecule has 1 aromatic heterocycles. The quantitative estimate of drug-likeness (QED) is 0.510. The van der Waals surface area contributed by atoms with Crippen LogP contribution >= 0.6 is 23.7 Å². The summed E-state index contributed by atoms with van der Waals surface area (Å²) in [5, 5.41) is 10.7. The Morgan fingerprint density at radius 3 is 2.61 bits per heavy atom. The minimum Gasteiger partial charge on any atom is -0.389 e. The summed E-state index contributed by atoms with van der Waals surface area (Å²) in [5.41, 5.74) is 2.65. The van der Waals surface area contributed by atoms with Gasteiger partial charge in [0.15, 0.2) is 0 Å². The highest BCUT2D eigenvalue weighted by Crippen LogP contribution is 2.28. The summed E-state index contributed by atoms with van der Waals surface area (Å²) in [7, 11) is 0. The van der Waals surface area contributed by atoms with E-state index in [9.17, 15) is 9.90 Å². The van der Waals surface area contributed by atoms with Crippen LogP contribution in [0.5, 0.6) is 0 Å². The van der Waals surface area contributed by atoms with Crippen LogP contribution in [0.2, 0.25) is 0 Å². The van der Waals surface area contributed by atoms with Gasteiger partial charge in [-0.05, 0) is 66.9 Å². The van der Waals surface area contributed by atoms with Gasteiger partial charge in [-0.2, -0.15) is 11.8 Å². The maximum atomic E-state index is 12.9. The number of hydrogen-bond acceptors (Lipinski definition) is 7. The maximum Gasteiger partial charge on any atom is 0.253 e. The first-order chi connectivity index (χ1) is 15.1. The van der Waals surface area contributed by atoms with Gasteiger partial charge in [-0.15, -0.1) is 0 Å². The number of rotatable bonds is 7. The zero-order valence-electron chi connectivity index (χ0n) is 17.5. The number of carbonyl (C=O) groups is 1. The fourth-order valence-electron chi connectivity index (χ4n) is 3.59. The number of benzene rings is 2. The highest BCUT2D eigenvalue weighted by molar-refractivity contribution is 8.00. The Morgan fingerprint density at radius 1 is 1.13 bits per heavy atom. The molecule has 1 aliphatic heterocycles. The fourth-order valence-corrected chi connectivity index (χ4v) is 5.23. The highest BCUT2D eigenvalue weighted by atomic mass is 32.2. The average Bonchev–Trinajstić information content (AvgIpc) is 2.82. The molecule has 2 aromatic carbocycles. The monoisotopic (exact) mass is 454 g/mol. The SMILES string of the molecule is CCSCC1(O)CCN(C(=O)c2ccc(NSc3cccc4nccnc34)cc2)CC1. The number of piperidine rings is 1. The van der Waals surface area contributed by atoms with Crippen LogP contribution in [-0.4, -0.2) is 56.1 Å². The number of nitrogens with zero attached hydrogens (tertiary/aromatic N) is 3. The van der Waals surface area contributed by atoms with E-state index in [-0.39, 0.29) is 5.91 Å². The molecule has 1 aliphatic rings. The summed E-state index contributed by atoms with van der Waals surface area (Å²) in [6, 6.07) is 13.4. The first-order valence-electron chi connectivity index (χ1n) is 10.4. The van der Waals surface area contributed by atoms with Gasteiger partial charge in [0.2, 0.25) is 0 Å². The Bertz CT molecular complexity index is 1030. The molecule has 0 aliphatic carbocycles. The molecule has 0 bridgehead atoms. The van der Waals surface area contributed by atoms with Gasteiger partial charge >= 0.3 is 0 Å². The predicted molar refractivity (Wildman–Crippen MR) is 129 cm³/mol. The van der Waals surface area contributed by atoms with Crippen LogP contribution in [-0.2, 0) is 0 Å². The van der Waals surface area contributed by atoms with Crippen LogP contribution in [0.1, 0.15) is 30.1 Å². The van der Waals surface area contributed by atoms with E-state index in [0.29, 0.717) is 31.5 Å². The number of aliphatic hydroxyl groups is 1. The molecule has 0 atom stereocenters. The molecule has 1 amide bonds. The van der Waals surface area contributed by atoms with E-state index in [2.05, 4.69) is 21.6 Å². The summed E-state index contributed by atoms with van der Waals surface area (Å²) in [4.78, 5) is 24.4. The highest BCUT2D eigenvalue weighted by Gasteiger charge is 2.33. The van der Waals surface area contributed by atoms with Crippen molar-refractivity contribution in [1.82, 2.24) is 14.9 Å². The van der Waals surface area contributed by atoms with E-state index < -0.39 is 5.60 Å². The number of hydrogen-bond donors (Lipinski definition) is 2. The zero-order chi connectivity index (χ0) is 21.7. The Hall–Kier alpha value is -2.29. The van der Waals surface area contributed by atoms with Gasteiger partial charge in [-0.25, -0.2) is 0 Å². The van der Waals surface area contributed by atoms with Crippen molar-refractivity contribution >= 4 is 46.3 Å². The topological polar surface area (TPSA) is 78.4 Å². The smallest absolute Gasteiger partial charge is 0.253 e. The van der Waals surface area contributed by atoms with Crippen LogP contribution in [0.15, 0.2) is 59.8 Å². The van der Waals surface area contributed by atoms with Crippen LogP contribution < -0.4 is 4.72 Å². The Kier molecular flexibility index (Phi) is 6.99. The molecule has 2 heterocycles. The summed E-state index contributed by atoms with van der Waals surface area (Å²) in [6.45, 7) is 3.29. The lowest BCUT2D eigenvalue weighted by atomic mass is 9.93. The number of para-hydroxylation sites is 1. The van der Waals surface area contributed by atoms with Crippen LogP contribution in [0.3, 0.4) is 0 Å². The third-order valence-corrected chi connectivity index (χ3v) is 7.47. The number of carbonyl (C=O) groups excluding carboxylic acids is 1. The van der Waals surface area contributed by atoms with E-state index >= 15 is 0 Å². The minimum atomic E-state index is -0.644. The van der Waals surface area contributed by atoms with Gasteiger partial charge in [0.25, 0.3) is 5.91 Å². The molecule has 0 saturated carbocycles. The lowest BCUT2D eigenvalue weighted by molar-refractivity contribution is 0.00163. The van der Waals surface area contributed by atoms with E-state index in [1.807, 2.05) is 47.4 Å². The maximum absolute atomic E-state index is 12.9. The molecule has 1 fully saturated rings. The molecule has 1 saturated heterocycles. The van der Waals surface area contributed by atoms with Crippen molar-refractivity contribution in [1.29, 1.82) is 0 Å². The van der Waals surface area contributed by atoms with Crippen molar-refractivity contribution in [2.75, 3.05) is 29.3 Å². The van der Waals surface area contributed by atoms with Crippen molar-refractivity contribution in [3.8, 4) is 0 Å². The summed E-state index contributed by atoms with van der Waals surface area (Å²) in [6.07, 6.45) is 4.65. The average molecular weight is 455 g/mol. The van der Waals surface area contributed by atoms with E-state index in [4.69, 9.17) is 0 Å². The molecule has 3 aromatic rings. The van der Waals surface area contributed by atoms with Gasteiger partial charge < -0.3 is 14.7 Å². The van der Waals surface area contributed by atoms with Crippen molar-refractivity contribution in [2.24, 2.45) is 0 Å². The normalized spacial score (nSPS) is 15.7. The number of thioether (sulfide) groups is 1. The molecule has 0 radical (unpaired) electrons. The molecule has 2 N–H and O–H groups in total. The lowest BCUT2D eigenvalue weighted by Crippen LogP contribution is -2.48. The number of fused-ring (bicyclic) bond motifs is 1. The van der Waals surface area contributed by atoms with Crippen molar-refractivity contribution < 1.29 is 9.90 Å². The van der Waals surface area contributed by atoms with Crippen molar-refractivity contribution in [3.05, 3.63) is 60.4 Å². The number of anilines is 1. The summed E-state index contributed by atoms with van der Waals surface area (Å²) >= 11 is 3.23. The van der Waals surface area contributed by atoms with Crippen molar-refractivity contribution in [2.45, 2.75) is 30.3 Å². The second-order valence-electron chi connectivity index (χ2n) is 7.62. The van der Waals surface area contributed by atoms with Crippen LogP contribution in [0.25, 0.3) is 11.0 Å². The lowest BCUT2D eigenvalue weighted by Gasteiger charge is -2.38. The largest absolute Gasteiger partial charge is 0.389 e. The van der Waals surface area contributed by atoms with Gasteiger partial charge in [0.1, 0.15) is 5.52 Å².